The van der Waals surface area contributed by atoms with Crippen molar-refractivity contribution in [3.63, 3.8) is 0 Å². The number of aliphatic hydroxyl groups excluding tert-OH is 1. The van der Waals surface area contributed by atoms with Crippen LogP contribution in [0.4, 0.5) is 0 Å². The molecule has 0 aliphatic carbocycles. The summed E-state index contributed by atoms with van der Waals surface area (Å²) in [7, 11) is 0. The van der Waals surface area contributed by atoms with Gasteiger partial charge in [0.15, 0.2) is 0 Å². The lowest BCUT2D eigenvalue weighted by Crippen LogP contribution is -2.63. The number of nitrogens with one attached hydrogen (secondary N) is 1. The van der Waals surface area contributed by atoms with Crippen LogP contribution in [0.5, 0.6) is 0 Å². The third-order valence-electron chi connectivity index (χ3n) is 6.89. The fourth-order valence-electron chi connectivity index (χ4n) is 5.35. The summed E-state index contributed by atoms with van der Waals surface area (Å²) in [6, 6.07) is -0.838. The van der Waals surface area contributed by atoms with Gasteiger partial charge >= 0.3 is 5.97 Å². The van der Waals surface area contributed by atoms with Gasteiger partial charge in [0.25, 0.3) is 0 Å². The topological polar surface area (TPSA) is 151 Å². The summed E-state index contributed by atoms with van der Waals surface area (Å²) >= 11 is 1.39. The molecule has 3 fully saturated rings. The average molecular weight is 452 g/mol. The SMILES string of the molecule is C[C@@H](O)[C@H]1C(=O)N2C(C(=O)O)=C(S[C@H]3C[C@@H](C(=O)N4CC[C@H](N)C4)N(C=N)C3)[C@H](C)[C@H]12. The molecule has 0 spiro atoms. The van der Waals surface area contributed by atoms with E-state index in [0.29, 0.717) is 31.0 Å². The summed E-state index contributed by atoms with van der Waals surface area (Å²) in [6.07, 6.45) is 1.59. The second kappa shape index (κ2) is 8.10. The maximum absolute atomic E-state index is 13.0. The maximum atomic E-state index is 13.0. The Kier molecular flexibility index (Phi) is 5.78. The van der Waals surface area contributed by atoms with Gasteiger partial charge in [-0.1, -0.05) is 6.92 Å². The number of thioether (sulfide) groups is 1. The molecule has 5 N–H and O–H groups in total. The van der Waals surface area contributed by atoms with Gasteiger partial charge in [0.05, 0.1) is 24.4 Å². The van der Waals surface area contributed by atoms with Crippen molar-refractivity contribution in [2.24, 2.45) is 17.6 Å². The molecule has 0 saturated carbocycles. The summed E-state index contributed by atoms with van der Waals surface area (Å²) in [4.78, 5) is 42.8. The van der Waals surface area contributed by atoms with Crippen molar-refractivity contribution in [3.05, 3.63) is 10.6 Å². The number of β-lactam (4-membered cyclic amide) rings is 1. The number of carboxylic acid groups (broad SMARTS) is 1. The number of hydrogen-bond donors (Lipinski definition) is 4. The second-order valence-electron chi connectivity index (χ2n) is 8.92. The highest BCUT2D eigenvalue weighted by atomic mass is 32.2. The molecule has 11 heteroatoms. The van der Waals surface area contributed by atoms with Crippen molar-refractivity contribution in [3.8, 4) is 0 Å². The van der Waals surface area contributed by atoms with Gasteiger partial charge < -0.3 is 30.6 Å². The first-order valence-electron chi connectivity index (χ1n) is 10.6. The largest absolute Gasteiger partial charge is 0.477 e. The number of hydrogen-bond acceptors (Lipinski definition) is 7. The van der Waals surface area contributed by atoms with Crippen molar-refractivity contribution in [2.45, 2.75) is 56.2 Å². The minimum atomic E-state index is -1.16. The summed E-state index contributed by atoms with van der Waals surface area (Å²) in [5.41, 5.74) is 5.92. The summed E-state index contributed by atoms with van der Waals surface area (Å²) in [5.74, 6) is -2.37. The Morgan fingerprint density at radius 3 is 2.61 bits per heavy atom. The van der Waals surface area contributed by atoms with Crippen LogP contribution in [0.3, 0.4) is 0 Å². The lowest BCUT2D eigenvalue weighted by Gasteiger charge is -2.46. The summed E-state index contributed by atoms with van der Waals surface area (Å²) in [6.45, 7) is 5.02. The van der Waals surface area contributed by atoms with E-state index in [1.165, 1.54) is 23.0 Å². The number of rotatable bonds is 6. The van der Waals surface area contributed by atoms with Gasteiger partial charge in [0.1, 0.15) is 11.7 Å². The maximum Gasteiger partial charge on any atom is 0.353 e. The molecule has 4 heterocycles. The number of nitrogens with zero attached hydrogens (tertiary/aromatic N) is 3. The minimum absolute atomic E-state index is 0.00824. The number of amides is 2. The van der Waals surface area contributed by atoms with E-state index in [1.54, 1.807) is 16.7 Å². The first kappa shape index (κ1) is 22.1. The van der Waals surface area contributed by atoms with E-state index in [0.717, 1.165) is 6.42 Å². The molecule has 0 radical (unpaired) electrons. The van der Waals surface area contributed by atoms with Crippen molar-refractivity contribution in [1.82, 2.24) is 14.7 Å². The molecule has 10 nitrogen and oxygen atoms in total. The third-order valence-corrected chi connectivity index (χ3v) is 8.39. The lowest BCUT2D eigenvalue weighted by molar-refractivity contribution is -0.163. The Morgan fingerprint density at radius 1 is 1.35 bits per heavy atom. The fourth-order valence-corrected chi connectivity index (χ4v) is 6.88. The molecule has 0 aromatic carbocycles. The van der Waals surface area contributed by atoms with E-state index in [9.17, 15) is 24.6 Å². The van der Waals surface area contributed by atoms with Crippen molar-refractivity contribution >= 4 is 35.9 Å². The second-order valence-corrected chi connectivity index (χ2v) is 10.3. The lowest BCUT2D eigenvalue weighted by atomic mass is 9.79. The van der Waals surface area contributed by atoms with Crippen LogP contribution in [0, 0.1) is 17.2 Å². The van der Waals surface area contributed by atoms with Crippen LogP contribution < -0.4 is 5.73 Å². The zero-order valence-electron chi connectivity index (χ0n) is 17.6. The molecular weight excluding hydrogens is 422 g/mol. The number of likely N-dealkylation sites (tertiary alicyclic amines) is 2. The number of carboxylic acids is 1. The number of aliphatic hydroxyl groups is 1. The smallest absolute Gasteiger partial charge is 0.353 e. The molecule has 4 aliphatic rings. The van der Waals surface area contributed by atoms with Gasteiger partial charge in [0, 0.05) is 41.7 Å². The zero-order valence-corrected chi connectivity index (χ0v) is 18.4. The normalized spacial score (nSPS) is 36.0. The Labute approximate surface area is 184 Å². The number of nitrogens with two attached hydrogens (primary N) is 1. The number of aliphatic carboxylic acids is 1. The molecule has 0 unspecified atom stereocenters. The van der Waals surface area contributed by atoms with Gasteiger partial charge in [-0.25, -0.2) is 4.79 Å². The molecule has 0 bridgehead atoms. The van der Waals surface area contributed by atoms with E-state index in [4.69, 9.17) is 11.1 Å². The van der Waals surface area contributed by atoms with E-state index in [1.807, 2.05) is 6.92 Å². The standard InChI is InChI=1S/C20H29N5O5S/c1-9-15-14(10(2)26)19(28)25(15)16(20(29)30)17(9)31-12-5-13(24(7-12)8-21)18(27)23-4-3-11(22)6-23/h8-15,21,26H,3-7,22H2,1-2H3,(H,29,30)/t9-,10-,11+,12+,13+,14-,15-/m1/s1. The minimum Gasteiger partial charge on any atom is -0.477 e. The Balaban J connectivity index is 1.52. The molecule has 0 aromatic heterocycles. The van der Waals surface area contributed by atoms with E-state index >= 15 is 0 Å². The number of fused-ring (bicyclic) bond motifs is 1. The monoisotopic (exact) mass is 451 g/mol. The van der Waals surface area contributed by atoms with Crippen molar-refractivity contribution < 1.29 is 24.6 Å². The van der Waals surface area contributed by atoms with Gasteiger partial charge in [-0.15, -0.1) is 11.8 Å². The first-order chi connectivity index (χ1) is 14.6. The molecule has 4 aliphatic heterocycles. The molecule has 7 atom stereocenters. The first-order valence-corrected chi connectivity index (χ1v) is 11.5. The number of carbonyl (C=O) groups excluding carboxylic acids is 2. The van der Waals surface area contributed by atoms with E-state index in [-0.39, 0.29) is 40.8 Å². The molecule has 3 saturated heterocycles. The predicted octanol–water partition coefficient (Wildman–Crippen LogP) is -0.517. The quantitative estimate of drug-likeness (QED) is 0.239. The van der Waals surface area contributed by atoms with E-state index < -0.39 is 24.0 Å². The predicted molar refractivity (Wildman–Crippen MR) is 114 cm³/mol. The van der Waals surface area contributed by atoms with Crippen LogP contribution in [-0.2, 0) is 14.4 Å². The van der Waals surface area contributed by atoms with Gasteiger partial charge in [-0.3, -0.25) is 15.0 Å². The highest BCUT2D eigenvalue weighted by Gasteiger charge is 2.60. The molecule has 170 valence electrons. The highest BCUT2D eigenvalue weighted by Crippen LogP contribution is 2.52. The Bertz CT molecular complexity index is 848. The zero-order chi connectivity index (χ0) is 22.6. The van der Waals surface area contributed by atoms with Crippen LogP contribution in [0.2, 0.25) is 0 Å². The summed E-state index contributed by atoms with van der Waals surface area (Å²) in [5, 5.41) is 27.4. The Morgan fingerprint density at radius 2 is 2.06 bits per heavy atom. The van der Waals surface area contributed by atoms with Crippen LogP contribution in [0.25, 0.3) is 0 Å². The number of carbonyl (C=O) groups is 3. The summed E-state index contributed by atoms with van der Waals surface area (Å²) < 4.78 is 0. The van der Waals surface area contributed by atoms with Crippen LogP contribution >= 0.6 is 11.8 Å². The van der Waals surface area contributed by atoms with Crippen molar-refractivity contribution in [1.29, 1.82) is 5.41 Å². The molecule has 4 rings (SSSR count). The molecule has 0 aromatic rings. The van der Waals surface area contributed by atoms with Gasteiger partial charge in [-0.05, 0) is 19.8 Å². The van der Waals surface area contributed by atoms with Crippen molar-refractivity contribution in [2.75, 3.05) is 19.6 Å². The van der Waals surface area contributed by atoms with Crippen LogP contribution in [-0.4, -0.2) is 98.1 Å². The van der Waals surface area contributed by atoms with Crippen LogP contribution in [0.1, 0.15) is 26.7 Å². The van der Waals surface area contributed by atoms with E-state index in [2.05, 4.69) is 0 Å². The van der Waals surface area contributed by atoms with Gasteiger partial charge in [0.2, 0.25) is 11.8 Å². The molecule has 31 heavy (non-hydrogen) atoms. The highest BCUT2D eigenvalue weighted by molar-refractivity contribution is 8.03. The average Bonchev–Trinajstić information content (AvgIpc) is 3.37. The van der Waals surface area contributed by atoms with Gasteiger partial charge in [-0.2, -0.15) is 0 Å². The molecular formula is C20H29N5O5S. The third kappa shape index (κ3) is 3.52. The fraction of sp³-hybridized carbons (Fsp3) is 0.700. The van der Waals surface area contributed by atoms with Crippen LogP contribution in [0.15, 0.2) is 10.6 Å². The molecule has 2 amide bonds. The Hall–Kier alpha value is -2.11.